The van der Waals surface area contributed by atoms with Crippen LogP contribution in [0.15, 0.2) is 22.8 Å². The first-order valence-corrected chi connectivity index (χ1v) is 10.6. The number of hydrogen-bond acceptors (Lipinski definition) is 8. The molecule has 2 aromatic rings. The van der Waals surface area contributed by atoms with Gasteiger partial charge in [0, 0.05) is 51.9 Å². The molecule has 1 atom stereocenters. The monoisotopic (exact) mass is 413 g/mol. The number of carbonyl (C=O) groups excluding carboxylic acids is 1. The van der Waals surface area contributed by atoms with E-state index in [4.69, 9.17) is 14.1 Å². The number of piperazine rings is 1. The van der Waals surface area contributed by atoms with Crippen molar-refractivity contribution in [1.82, 2.24) is 25.0 Å². The molecule has 5 rings (SSSR count). The van der Waals surface area contributed by atoms with Crippen molar-refractivity contribution in [3.8, 4) is 11.5 Å². The molecule has 0 N–H and O–H groups in total. The van der Waals surface area contributed by atoms with Crippen LogP contribution >= 0.6 is 0 Å². The third-order valence-electron chi connectivity index (χ3n) is 6.31. The molecule has 0 aliphatic carbocycles. The third kappa shape index (κ3) is 3.87. The van der Waals surface area contributed by atoms with Gasteiger partial charge in [-0.1, -0.05) is 11.2 Å². The van der Waals surface area contributed by atoms with Crippen LogP contribution in [0, 0.1) is 6.92 Å². The predicted octanol–water partition coefficient (Wildman–Crippen LogP) is 1.53. The van der Waals surface area contributed by atoms with E-state index < -0.39 is 0 Å². The van der Waals surface area contributed by atoms with Gasteiger partial charge in [0.25, 0.3) is 5.91 Å². The topological polar surface area (TPSA) is 84.2 Å². The SMILES string of the molecule is Cc1nonc1C(=O)N1CCC[C@@H](N2CCN(Cc3ccc4c(c3)OCO4)CC2)C1. The molecule has 9 heteroatoms. The van der Waals surface area contributed by atoms with Gasteiger partial charge in [-0.05, 0) is 42.6 Å². The second-order valence-electron chi connectivity index (χ2n) is 8.25. The number of ether oxygens (including phenoxy) is 2. The molecule has 1 aromatic carbocycles. The van der Waals surface area contributed by atoms with E-state index in [0.717, 1.165) is 70.2 Å². The highest BCUT2D eigenvalue weighted by atomic mass is 16.7. The van der Waals surface area contributed by atoms with Gasteiger partial charge in [0.15, 0.2) is 17.2 Å². The number of piperidine rings is 1. The molecule has 2 fully saturated rings. The van der Waals surface area contributed by atoms with Crippen molar-refractivity contribution in [2.24, 2.45) is 0 Å². The molecule has 1 amide bonds. The largest absolute Gasteiger partial charge is 0.454 e. The summed E-state index contributed by atoms with van der Waals surface area (Å²) < 4.78 is 15.6. The minimum Gasteiger partial charge on any atom is -0.454 e. The summed E-state index contributed by atoms with van der Waals surface area (Å²) in [5.74, 6) is 1.60. The lowest BCUT2D eigenvalue weighted by Crippen LogP contribution is -2.55. The standard InChI is InChI=1S/C21H27N5O4/c1-15-20(23-30-22-15)21(27)26-6-2-3-17(13-26)25-9-7-24(8-10-25)12-16-4-5-18-19(11-16)29-14-28-18/h4-5,11,17H,2-3,6-10,12-14H2,1H3/t17-/m1/s1. The van der Waals surface area contributed by atoms with Crippen LogP contribution < -0.4 is 9.47 Å². The summed E-state index contributed by atoms with van der Waals surface area (Å²) in [6, 6.07) is 6.59. The van der Waals surface area contributed by atoms with E-state index in [9.17, 15) is 4.79 Å². The van der Waals surface area contributed by atoms with Gasteiger partial charge in [0.05, 0.1) is 0 Å². The molecule has 3 aliphatic heterocycles. The minimum absolute atomic E-state index is 0.0695. The Kier molecular flexibility index (Phi) is 5.30. The molecule has 4 heterocycles. The number of aryl methyl sites for hydroxylation is 1. The number of likely N-dealkylation sites (tertiary alicyclic amines) is 1. The molecule has 0 unspecified atom stereocenters. The second-order valence-corrected chi connectivity index (χ2v) is 8.25. The molecular formula is C21H27N5O4. The molecule has 0 bridgehead atoms. The number of nitrogens with zero attached hydrogens (tertiary/aromatic N) is 5. The Morgan fingerprint density at radius 2 is 1.93 bits per heavy atom. The average Bonchev–Trinajstić information content (AvgIpc) is 3.42. The van der Waals surface area contributed by atoms with Crippen molar-refractivity contribution >= 4 is 5.91 Å². The fourth-order valence-corrected chi connectivity index (χ4v) is 4.60. The van der Waals surface area contributed by atoms with Crippen molar-refractivity contribution in [3.05, 3.63) is 35.2 Å². The maximum atomic E-state index is 12.8. The Morgan fingerprint density at radius 3 is 2.73 bits per heavy atom. The van der Waals surface area contributed by atoms with Crippen molar-refractivity contribution < 1.29 is 18.9 Å². The van der Waals surface area contributed by atoms with Crippen molar-refractivity contribution in [2.45, 2.75) is 32.4 Å². The summed E-state index contributed by atoms with van der Waals surface area (Å²) in [4.78, 5) is 19.7. The zero-order valence-corrected chi connectivity index (χ0v) is 17.2. The number of fused-ring (bicyclic) bond motifs is 1. The van der Waals surface area contributed by atoms with Crippen LogP contribution in [0.5, 0.6) is 11.5 Å². The van der Waals surface area contributed by atoms with Gasteiger partial charge < -0.3 is 14.4 Å². The Labute approximate surface area is 175 Å². The summed E-state index contributed by atoms with van der Waals surface area (Å²) >= 11 is 0. The smallest absolute Gasteiger partial charge is 0.278 e. The molecule has 3 aliphatic rings. The summed E-state index contributed by atoms with van der Waals surface area (Å²) in [7, 11) is 0. The van der Waals surface area contributed by atoms with Crippen LogP contribution in [0.1, 0.15) is 34.6 Å². The van der Waals surface area contributed by atoms with Crippen molar-refractivity contribution in [2.75, 3.05) is 46.1 Å². The highest BCUT2D eigenvalue weighted by Crippen LogP contribution is 2.33. The van der Waals surface area contributed by atoms with Gasteiger partial charge in [-0.3, -0.25) is 14.6 Å². The first-order valence-electron chi connectivity index (χ1n) is 10.6. The van der Waals surface area contributed by atoms with E-state index in [1.807, 2.05) is 11.0 Å². The van der Waals surface area contributed by atoms with Gasteiger partial charge in [-0.2, -0.15) is 0 Å². The highest BCUT2D eigenvalue weighted by molar-refractivity contribution is 5.93. The molecule has 1 aromatic heterocycles. The van der Waals surface area contributed by atoms with Gasteiger partial charge in [-0.25, -0.2) is 4.63 Å². The average molecular weight is 413 g/mol. The van der Waals surface area contributed by atoms with Crippen LogP contribution in [0.3, 0.4) is 0 Å². The lowest BCUT2D eigenvalue weighted by Gasteiger charge is -2.43. The lowest BCUT2D eigenvalue weighted by atomic mass is 10.0. The van der Waals surface area contributed by atoms with E-state index in [-0.39, 0.29) is 5.91 Å². The Hall–Kier alpha value is -2.65. The fourth-order valence-electron chi connectivity index (χ4n) is 4.60. The molecule has 2 saturated heterocycles. The zero-order chi connectivity index (χ0) is 20.5. The second kappa shape index (κ2) is 8.23. The van der Waals surface area contributed by atoms with E-state index in [0.29, 0.717) is 24.2 Å². The number of aromatic nitrogens is 2. The summed E-state index contributed by atoms with van der Waals surface area (Å²) in [5.41, 5.74) is 2.14. The van der Waals surface area contributed by atoms with Crippen LogP contribution in [0.25, 0.3) is 0 Å². The number of hydrogen-bond donors (Lipinski definition) is 0. The summed E-state index contributed by atoms with van der Waals surface area (Å²) in [5, 5.41) is 7.52. The van der Waals surface area contributed by atoms with E-state index in [2.05, 4.69) is 32.2 Å². The summed E-state index contributed by atoms with van der Waals surface area (Å²) in [6.45, 7) is 8.56. The quantitative estimate of drug-likeness (QED) is 0.746. The molecule has 0 spiro atoms. The van der Waals surface area contributed by atoms with E-state index >= 15 is 0 Å². The van der Waals surface area contributed by atoms with Gasteiger partial charge in [-0.15, -0.1) is 0 Å². The molecule has 0 saturated carbocycles. The maximum Gasteiger partial charge on any atom is 0.278 e. The van der Waals surface area contributed by atoms with E-state index in [1.54, 1.807) is 6.92 Å². The fraction of sp³-hybridized carbons (Fsp3) is 0.571. The van der Waals surface area contributed by atoms with Gasteiger partial charge in [0.1, 0.15) is 5.69 Å². The highest BCUT2D eigenvalue weighted by Gasteiger charge is 2.32. The van der Waals surface area contributed by atoms with E-state index in [1.165, 1.54) is 5.56 Å². The van der Waals surface area contributed by atoms with Crippen LogP contribution in [-0.4, -0.2) is 83.0 Å². The van der Waals surface area contributed by atoms with Gasteiger partial charge >= 0.3 is 0 Å². The maximum absolute atomic E-state index is 12.8. The zero-order valence-electron chi connectivity index (χ0n) is 17.2. The predicted molar refractivity (Wildman–Crippen MR) is 107 cm³/mol. The first-order chi connectivity index (χ1) is 14.7. The Morgan fingerprint density at radius 1 is 1.10 bits per heavy atom. The van der Waals surface area contributed by atoms with Crippen molar-refractivity contribution in [1.29, 1.82) is 0 Å². The first kappa shape index (κ1) is 19.3. The van der Waals surface area contributed by atoms with Gasteiger partial charge in [0.2, 0.25) is 6.79 Å². The number of carbonyl (C=O) groups is 1. The number of benzene rings is 1. The number of amides is 1. The molecule has 9 nitrogen and oxygen atoms in total. The Bertz CT molecular complexity index is 909. The lowest BCUT2D eigenvalue weighted by molar-refractivity contribution is 0.0401. The van der Waals surface area contributed by atoms with Crippen molar-refractivity contribution in [3.63, 3.8) is 0 Å². The molecular weight excluding hydrogens is 386 g/mol. The molecule has 160 valence electrons. The molecule has 30 heavy (non-hydrogen) atoms. The van der Waals surface area contributed by atoms with Crippen LogP contribution in [0.4, 0.5) is 0 Å². The summed E-state index contributed by atoms with van der Waals surface area (Å²) in [6.07, 6.45) is 2.14. The normalized spacial score (nSPS) is 22.4. The minimum atomic E-state index is -0.0695. The van der Waals surface area contributed by atoms with Crippen LogP contribution in [-0.2, 0) is 6.54 Å². The molecule has 0 radical (unpaired) electrons. The van der Waals surface area contributed by atoms with Crippen LogP contribution in [0.2, 0.25) is 0 Å². The third-order valence-corrected chi connectivity index (χ3v) is 6.31. The Balaban J connectivity index is 1.14. The number of rotatable bonds is 4.